The summed E-state index contributed by atoms with van der Waals surface area (Å²) in [6.45, 7) is 0. The van der Waals surface area contributed by atoms with Crippen LogP contribution in [0.1, 0.15) is 0 Å². The minimum atomic E-state index is 0.215. The summed E-state index contributed by atoms with van der Waals surface area (Å²) < 4.78 is 0. The van der Waals surface area contributed by atoms with Gasteiger partial charge in [-0.05, 0) is 24.4 Å². The van der Waals surface area contributed by atoms with E-state index in [1.807, 2.05) is 30.3 Å². The summed E-state index contributed by atoms with van der Waals surface area (Å²) in [7, 11) is 0. The van der Waals surface area contributed by atoms with Gasteiger partial charge in [-0.2, -0.15) is 4.79 Å². The number of thiocarbonyl (C=S) groups is 1. The minimum Gasteiger partial charge on any atom is -0.374 e. The fraction of sp³-hybridized carbons (Fsp3) is 0. The van der Waals surface area contributed by atoms with Gasteiger partial charge in [0, 0.05) is 0 Å². The van der Waals surface area contributed by atoms with Crippen LogP contribution in [0.25, 0.3) is 0 Å². The summed E-state index contributed by atoms with van der Waals surface area (Å²) in [5, 5.41) is 5.78. The Balaban J connectivity index is 2.42. The summed E-state index contributed by atoms with van der Waals surface area (Å²) >= 11 is 4.96. The maximum atomic E-state index is 5.63. The van der Waals surface area contributed by atoms with Crippen LogP contribution in [0.2, 0.25) is 0 Å². The SMILES string of the molecule is NC(=S)N(c1ccccc1)n1cncn1. The molecule has 15 heavy (non-hydrogen) atoms. The number of nitrogens with two attached hydrogens (primary N) is 1. The first-order valence-electron chi connectivity index (χ1n) is 4.28. The first-order valence-corrected chi connectivity index (χ1v) is 4.69. The summed E-state index contributed by atoms with van der Waals surface area (Å²) in [6, 6.07) is 9.50. The highest BCUT2D eigenvalue weighted by Gasteiger charge is 2.10. The lowest BCUT2D eigenvalue weighted by atomic mass is 10.3. The van der Waals surface area contributed by atoms with Gasteiger partial charge in [-0.3, -0.25) is 0 Å². The molecule has 1 aromatic carbocycles. The number of hydrogen-bond acceptors (Lipinski definition) is 3. The van der Waals surface area contributed by atoms with Gasteiger partial charge in [-0.25, -0.2) is 9.99 Å². The van der Waals surface area contributed by atoms with Crippen molar-refractivity contribution in [2.75, 3.05) is 5.01 Å². The highest BCUT2D eigenvalue weighted by Crippen LogP contribution is 2.12. The van der Waals surface area contributed by atoms with Crippen LogP contribution >= 0.6 is 12.2 Å². The highest BCUT2D eigenvalue weighted by molar-refractivity contribution is 7.80. The second kappa shape index (κ2) is 4.05. The second-order valence-corrected chi connectivity index (χ2v) is 3.22. The molecule has 0 atom stereocenters. The third kappa shape index (κ3) is 1.94. The van der Waals surface area contributed by atoms with Gasteiger partial charge in [0.1, 0.15) is 12.7 Å². The smallest absolute Gasteiger partial charge is 0.191 e. The zero-order valence-corrected chi connectivity index (χ0v) is 8.63. The molecule has 1 heterocycles. The molecule has 0 saturated heterocycles. The zero-order valence-electron chi connectivity index (χ0n) is 7.82. The standard InChI is InChI=1S/C9H9N5S/c10-9(15)14(13-7-11-6-12-13)8-4-2-1-3-5-8/h1-7H,(H2,10,15). The Kier molecular flexibility index (Phi) is 2.59. The van der Waals surface area contributed by atoms with E-state index >= 15 is 0 Å². The Bertz CT molecular complexity index is 439. The highest BCUT2D eigenvalue weighted by atomic mass is 32.1. The fourth-order valence-electron chi connectivity index (χ4n) is 1.22. The van der Waals surface area contributed by atoms with Crippen molar-refractivity contribution in [1.29, 1.82) is 0 Å². The number of nitrogens with zero attached hydrogens (tertiary/aromatic N) is 4. The topological polar surface area (TPSA) is 60.0 Å². The molecule has 0 aliphatic rings. The molecule has 0 aliphatic heterocycles. The second-order valence-electron chi connectivity index (χ2n) is 2.80. The van der Waals surface area contributed by atoms with Crippen molar-refractivity contribution in [3.05, 3.63) is 43.0 Å². The molecule has 0 bridgehead atoms. The van der Waals surface area contributed by atoms with Gasteiger partial charge in [0.25, 0.3) is 0 Å². The lowest BCUT2D eigenvalue weighted by molar-refractivity contribution is 0.717. The minimum absolute atomic E-state index is 0.215. The Hall–Kier alpha value is -1.95. The van der Waals surface area contributed by atoms with E-state index < -0.39 is 0 Å². The van der Waals surface area contributed by atoms with E-state index in [0.29, 0.717) is 0 Å². The average Bonchev–Trinajstić information content (AvgIpc) is 2.72. The molecule has 6 heteroatoms. The largest absolute Gasteiger partial charge is 0.374 e. The van der Waals surface area contributed by atoms with Crippen LogP contribution in [-0.2, 0) is 0 Å². The molecule has 0 amide bonds. The molecule has 2 rings (SSSR count). The normalized spacial score (nSPS) is 9.87. The first kappa shape index (κ1) is 9.60. The van der Waals surface area contributed by atoms with Crippen LogP contribution < -0.4 is 10.7 Å². The van der Waals surface area contributed by atoms with Crippen LogP contribution in [0, 0.1) is 0 Å². The predicted octanol–water partition coefficient (Wildman–Crippen LogP) is 0.791. The molecule has 0 unspecified atom stereocenters. The molecule has 0 fully saturated rings. The van der Waals surface area contributed by atoms with Crippen molar-refractivity contribution < 1.29 is 0 Å². The summed E-state index contributed by atoms with van der Waals surface area (Å²) in [4.78, 5) is 5.33. The van der Waals surface area contributed by atoms with Gasteiger partial charge in [0.05, 0.1) is 5.69 Å². The van der Waals surface area contributed by atoms with Crippen molar-refractivity contribution in [2.24, 2.45) is 5.73 Å². The molecule has 2 aromatic rings. The maximum Gasteiger partial charge on any atom is 0.191 e. The van der Waals surface area contributed by atoms with Crippen molar-refractivity contribution in [2.45, 2.75) is 0 Å². The summed E-state index contributed by atoms with van der Waals surface area (Å²) in [5.41, 5.74) is 6.47. The molecule has 76 valence electrons. The van der Waals surface area contributed by atoms with Crippen LogP contribution in [0.15, 0.2) is 43.0 Å². The Morgan fingerprint density at radius 2 is 2.07 bits per heavy atom. The van der Waals surface area contributed by atoms with Crippen LogP contribution in [0.4, 0.5) is 5.69 Å². The fourth-order valence-corrected chi connectivity index (χ4v) is 1.41. The molecule has 0 spiro atoms. The number of rotatable bonds is 2. The lowest BCUT2D eigenvalue weighted by Gasteiger charge is -2.21. The van der Waals surface area contributed by atoms with Gasteiger partial charge in [-0.15, -0.1) is 5.10 Å². The number of anilines is 1. The molecular weight excluding hydrogens is 210 g/mol. The van der Waals surface area contributed by atoms with Gasteiger partial charge >= 0.3 is 0 Å². The monoisotopic (exact) mass is 219 g/mol. The summed E-state index contributed by atoms with van der Waals surface area (Å²) in [5.74, 6) is 0. The van der Waals surface area contributed by atoms with Crippen molar-refractivity contribution in [3.8, 4) is 0 Å². The molecule has 0 saturated carbocycles. The van der Waals surface area contributed by atoms with E-state index in [1.165, 1.54) is 17.4 Å². The summed E-state index contributed by atoms with van der Waals surface area (Å²) in [6.07, 6.45) is 2.96. The van der Waals surface area contributed by atoms with Crippen molar-refractivity contribution in [3.63, 3.8) is 0 Å². The first-order chi connectivity index (χ1) is 7.29. The van der Waals surface area contributed by atoms with E-state index in [-0.39, 0.29) is 5.11 Å². The third-order valence-corrected chi connectivity index (χ3v) is 1.99. The van der Waals surface area contributed by atoms with Gasteiger partial charge in [0.15, 0.2) is 5.11 Å². The molecule has 5 nitrogen and oxygen atoms in total. The lowest BCUT2D eigenvalue weighted by Crippen LogP contribution is -2.40. The molecule has 0 radical (unpaired) electrons. The van der Waals surface area contributed by atoms with Crippen molar-refractivity contribution >= 4 is 23.0 Å². The van der Waals surface area contributed by atoms with Gasteiger partial charge < -0.3 is 5.73 Å². The van der Waals surface area contributed by atoms with E-state index in [1.54, 1.807) is 5.01 Å². The molecule has 2 N–H and O–H groups in total. The van der Waals surface area contributed by atoms with E-state index in [9.17, 15) is 0 Å². The van der Waals surface area contributed by atoms with Crippen LogP contribution in [0.3, 0.4) is 0 Å². The maximum absolute atomic E-state index is 5.63. The number of benzene rings is 1. The van der Waals surface area contributed by atoms with Crippen LogP contribution in [0.5, 0.6) is 0 Å². The Morgan fingerprint density at radius 1 is 1.33 bits per heavy atom. The van der Waals surface area contributed by atoms with E-state index in [4.69, 9.17) is 18.0 Å². The quantitative estimate of drug-likeness (QED) is 0.757. The molecule has 0 aliphatic carbocycles. The molecule has 1 aromatic heterocycles. The third-order valence-electron chi connectivity index (χ3n) is 1.82. The van der Waals surface area contributed by atoms with Crippen molar-refractivity contribution in [1.82, 2.24) is 14.9 Å². The number of para-hydroxylation sites is 1. The number of aromatic nitrogens is 3. The number of hydrogen-bond donors (Lipinski definition) is 1. The zero-order chi connectivity index (χ0) is 10.7. The predicted molar refractivity (Wildman–Crippen MR) is 61.1 cm³/mol. The van der Waals surface area contributed by atoms with E-state index in [0.717, 1.165) is 5.69 Å². The Labute approximate surface area is 92.1 Å². The van der Waals surface area contributed by atoms with Gasteiger partial charge in [-0.1, -0.05) is 18.2 Å². The molecular formula is C9H9N5S. The van der Waals surface area contributed by atoms with E-state index in [2.05, 4.69) is 10.1 Å². The average molecular weight is 219 g/mol. The van der Waals surface area contributed by atoms with Gasteiger partial charge in [0.2, 0.25) is 0 Å². The van der Waals surface area contributed by atoms with Crippen LogP contribution in [-0.4, -0.2) is 20.0 Å². The Morgan fingerprint density at radius 3 is 2.60 bits per heavy atom.